The highest BCUT2D eigenvalue weighted by atomic mass is 16.5. The number of anilines is 2. The Hall–Kier alpha value is -2.86. The molecular weight excluding hydrogens is 390 g/mol. The molecule has 3 heterocycles. The Bertz CT molecular complexity index is 997. The molecule has 2 fully saturated rings. The first-order chi connectivity index (χ1) is 15.1. The standard InChI is InChI=1S/C25H29N3O3/c1-26-11-13-27(14-12-26)23-7-3-2-5-18(23)15-19-6-4-10-28(24(19)29)21-9-8-20-17-31-25(30)22(20)16-21/h2-3,5,7-9,16,19H,4,6,10-15,17H2,1H3. The van der Waals surface area contributed by atoms with Crippen LogP contribution >= 0.6 is 0 Å². The summed E-state index contributed by atoms with van der Waals surface area (Å²) in [7, 11) is 2.16. The number of likely N-dealkylation sites (N-methyl/N-ethyl adjacent to an activating group) is 1. The summed E-state index contributed by atoms with van der Waals surface area (Å²) in [4.78, 5) is 32.1. The number of para-hydroxylation sites is 1. The topological polar surface area (TPSA) is 53.1 Å². The molecule has 1 atom stereocenters. The van der Waals surface area contributed by atoms with E-state index in [-0.39, 0.29) is 17.8 Å². The predicted molar refractivity (Wildman–Crippen MR) is 120 cm³/mol. The molecule has 1 amide bonds. The van der Waals surface area contributed by atoms with Crippen molar-refractivity contribution in [3.63, 3.8) is 0 Å². The number of ether oxygens (including phenoxy) is 1. The van der Waals surface area contributed by atoms with Crippen molar-refractivity contribution < 1.29 is 14.3 Å². The van der Waals surface area contributed by atoms with E-state index in [1.165, 1.54) is 11.3 Å². The van der Waals surface area contributed by atoms with E-state index in [4.69, 9.17) is 4.74 Å². The summed E-state index contributed by atoms with van der Waals surface area (Å²) >= 11 is 0. The van der Waals surface area contributed by atoms with Gasteiger partial charge in [0.05, 0.1) is 5.56 Å². The molecular formula is C25H29N3O3. The molecule has 6 heteroatoms. The molecule has 6 nitrogen and oxygen atoms in total. The van der Waals surface area contributed by atoms with Crippen LogP contribution in [0.2, 0.25) is 0 Å². The number of carbonyl (C=O) groups excluding carboxylic acids is 2. The fourth-order valence-corrected chi connectivity index (χ4v) is 4.97. The number of rotatable bonds is 4. The number of piperazine rings is 1. The van der Waals surface area contributed by atoms with Gasteiger partial charge in [0.2, 0.25) is 5.91 Å². The van der Waals surface area contributed by atoms with Crippen LogP contribution in [0.1, 0.15) is 34.3 Å². The van der Waals surface area contributed by atoms with Crippen molar-refractivity contribution in [1.29, 1.82) is 0 Å². The van der Waals surface area contributed by atoms with Gasteiger partial charge in [-0.1, -0.05) is 24.3 Å². The lowest BCUT2D eigenvalue weighted by molar-refractivity contribution is -0.123. The lowest BCUT2D eigenvalue weighted by Crippen LogP contribution is -2.45. The molecule has 2 aromatic rings. The Labute approximate surface area is 183 Å². The Morgan fingerprint density at radius 1 is 1.00 bits per heavy atom. The van der Waals surface area contributed by atoms with Gasteiger partial charge < -0.3 is 19.4 Å². The van der Waals surface area contributed by atoms with E-state index in [1.54, 1.807) is 0 Å². The summed E-state index contributed by atoms with van der Waals surface area (Å²) in [5.74, 6) is -0.174. The maximum absolute atomic E-state index is 13.4. The lowest BCUT2D eigenvalue weighted by Gasteiger charge is -2.36. The van der Waals surface area contributed by atoms with Crippen molar-refractivity contribution in [3.05, 3.63) is 59.2 Å². The quantitative estimate of drug-likeness (QED) is 0.713. The number of amides is 1. The minimum absolute atomic E-state index is 0.0393. The SMILES string of the molecule is CN1CCN(c2ccccc2CC2CCCN(c3ccc4c(c3)C(=O)OC4)C2=O)CC1. The smallest absolute Gasteiger partial charge is 0.338 e. The zero-order valence-electron chi connectivity index (χ0n) is 18.0. The largest absolute Gasteiger partial charge is 0.457 e. The van der Waals surface area contributed by atoms with Crippen LogP contribution in [0.25, 0.3) is 0 Å². The summed E-state index contributed by atoms with van der Waals surface area (Å²) < 4.78 is 5.12. The summed E-state index contributed by atoms with van der Waals surface area (Å²) in [5, 5.41) is 0. The van der Waals surface area contributed by atoms with Gasteiger partial charge in [0.25, 0.3) is 0 Å². The molecule has 0 bridgehead atoms. The van der Waals surface area contributed by atoms with Crippen molar-refractivity contribution in [2.45, 2.75) is 25.9 Å². The summed E-state index contributed by atoms with van der Waals surface area (Å²) in [6, 6.07) is 14.2. The maximum atomic E-state index is 13.4. The first-order valence-corrected chi connectivity index (χ1v) is 11.2. The van der Waals surface area contributed by atoms with Gasteiger partial charge in [-0.2, -0.15) is 0 Å². The van der Waals surface area contributed by atoms with Gasteiger partial charge in [-0.05, 0) is 50.1 Å². The maximum Gasteiger partial charge on any atom is 0.338 e. The number of benzene rings is 2. The number of hydrogen-bond acceptors (Lipinski definition) is 5. The Balaban J connectivity index is 1.35. The van der Waals surface area contributed by atoms with E-state index in [1.807, 2.05) is 23.1 Å². The third-order valence-corrected chi connectivity index (χ3v) is 6.84. The molecule has 5 rings (SSSR count). The van der Waals surface area contributed by atoms with Gasteiger partial charge in [-0.3, -0.25) is 4.79 Å². The van der Waals surface area contributed by atoms with Gasteiger partial charge >= 0.3 is 5.97 Å². The number of carbonyl (C=O) groups is 2. The van der Waals surface area contributed by atoms with Crippen LogP contribution in [0, 0.1) is 5.92 Å². The summed E-state index contributed by atoms with van der Waals surface area (Å²) in [5.41, 5.74) is 4.81. The summed E-state index contributed by atoms with van der Waals surface area (Å²) in [6.45, 7) is 5.18. The molecule has 2 aromatic carbocycles. The zero-order chi connectivity index (χ0) is 21.4. The predicted octanol–water partition coefficient (Wildman–Crippen LogP) is 3.09. The molecule has 1 unspecified atom stereocenters. The third kappa shape index (κ3) is 3.92. The Morgan fingerprint density at radius 3 is 2.65 bits per heavy atom. The summed E-state index contributed by atoms with van der Waals surface area (Å²) in [6.07, 6.45) is 2.62. The van der Waals surface area contributed by atoms with Gasteiger partial charge in [0.1, 0.15) is 6.61 Å². The van der Waals surface area contributed by atoms with Crippen LogP contribution in [0.5, 0.6) is 0 Å². The number of fused-ring (bicyclic) bond motifs is 1. The second kappa shape index (κ2) is 8.35. The highest BCUT2D eigenvalue weighted by Gasteiger charge is 2.32. The van der Waals surface area contributed by atoms with Crippen LogP contribution in [-0.4, -0.2) is 56.5 Å². The Kier molecular flexibility index (Phi) is 5.40. The second-order valence-electron chi connectivity index (χ2n) is 8.87. The first kappa shape index (κ1) is 20.1. The van der Waals surface area contributed by atoms with Gasteiger partial charge in [0, 0.05) is 55.6 Å². The van der Waals surface area contributed by atoms with E-state index in [0.29, 0.717) is 18.7 Å². The molecule has 0 spiro atoms. The monoisotopic (exact) mass is 419 g/mol. The average Bonchev–Trinajstić information content (AvgIpc) is 3.16. The highest BCUT2D eigenvalue weighted by Crippen LogP contribution is 2.32. The average molecular weight is 420 g/mol. The van der Waals surface area contributed by atoms with Crippen LogP contribution in [0.3, 0.4) is 0 Å². The third-order valence-electron chi connectivity index (χ3n) is 6.84. The van der Waals surface area contributed by atoms with Gasteiger partial charge in [0.15, 0.2) is 0 Å². The van der Waals surface area contributed by atoms with Crippen molar-refractivity contribution in [2.75, 3.05) is 49.6 Å². The van der Waals surface area contributed by atoms with E-state index < -0.39 is 0 Å². The minimum atomic E-state index is -0.293. The fourth-order valence-electron chi connectivity index (χ4n) is 4.97. The molecule has 0 aliphatic carbocycles. The molecule has 0 aromatic heterocycles. The number of nitrogens with zero attached hydrogens (tertiary/aromatic N) is 3. The number of cyclic esters (lactones) is 1. The van der Waals surface area contributed by atoms with E-state index in [9.17, 15) is 9.59 Å². The lowest BCUT2D eigenvalue weighted by atomic mass is 9.89. The molecule has 3 aliphatic rings. The van der Waals surface area contributed by atoms with E-state index in [0.717, 1.165) is 56.7 Å². The van der Waals surface area contributed by atoms with Crippen LogP contribution in [-0.2, 0) is 22.6 Å². The first-order valence-electron chi connectivity index (χ1n) is 11.2. The molecule has 0 saturated carbocycles. The van der Waals surface area contributed by atoms with Crippen molar-refractivity contribution >= 4 is 23.3 Å². The zero-order valence-corrected chi connectivity index (χ0v) is 18.0. The van der Waals surface area contributed by atoms with Crippen LogP contribution in [0.4, 0.5) is 11.4 Å². The van der Waals surface area contributed by atoms with Crippen molar-refractivity contribution in [1.82, 2.24) is 4.90 Å². The van der Waals surface area contributed by atoms with Crippen molar-refractivity contribution in [3.8, 4) is 0 Å². The molecule has 3 aliphatic heterocycles. The van der Waals surface area contributed by atoms with Crippen LogP contribution in [0.15, 0.2) is 42.5 Å². The fraction of sp³-hybridized carbons (Fsp3) is 0.440. The Morgan fingerprint density at radius 2 is 1.81 bits per heavy atom. The molecule has 162 valence electrons. The second-order valence-corrected chi connectivity index (χ2v) is 8.87. The highest BCUT2D eigenvalue weighted by molar-refractivity contribution is 5.99. The molecule has 31 heavy (non-hydrogen) atoms. The van der Waals surface area contributed by atoms with E-state index >= 15 is 0 Å². The van der Waals surface area contributed by atoms with Crippen LogP contribution < -0.4 is 9.80 Å². The molecule has 0 N–H and O–H groups in total. The van der Waals surface area contributed by atoms with Crippen molar-refractivity contribution in [2.24, 2.45) is 5.92 Å². The number of esters is 1. The number of hydrogen-bond donors (Lipinski definition) is 0. The van der Waals surface area contributed by atoms with E-state index in [2.05, 4.69) is 41.1 Å². The minimum Gasteiger partial charge on any atom is -0.457 e. The van der Waals surface area contributed by atoms with Gasteiger partial charge in [-0.15, -0.1) is 0 Å². The molecule has 0 radical (unpaired) electrons. The number of piperidine rings is 1. The molecule has 2 saturated heterocycles. The normalized spacial score (nSPS) is 21.9. The van der Waals surface area contributed by atoms with Gasteiger partial charge in [-0.25, -0.2) is 4.79 Å².